The molecule has 1 fully saturated rings. The summed E-state index contributed by atoms with van der Waals surface area (Å²) >= 11 is 0. The monoisotopic (exact) mass is 309 g/mol. The van der Waals surface area contributed by atoms with Gasteiger partial charge in [0.05, 0.1) is 16.6 Å². The van der Waals surface area contributed by atoms with Gasteiger partial charge >= 0.3 is 0 Å². The zero-order chi connectivity index (χ0) is 15.0. The predicted octanol–water partition coefficient (Wildman–Crippen LogP) is 1.98. The Morgan fingerprint density at radius 3 is 2.67 bits per heavy atom. The number of nitrogens with two attached hydrogens (primary N) is 1. The molecule has 1 heterocycles. The van der Waals surface area contributed by atoms with Crippen molar-refractivity contribution in [2.45, 2.75) is 55.3 Å². The molecule has 4 unspecified atom stereocenters. The second kappa shape index (κ2) is 5.71. The SMILES string of the molecule is CC1OCCC1S(=O)(=O)C1CCCc2ccccc2C1N. The van der Waals surface area contributed by atoms with Gasteiger partial charge in [-0.25, -0.2) is 8.42 Å². The van der Waals surface area contributed by atoms with Crippen molar-refractivity contribution in [2.24, 2.45) is 5.73 Å². The average molecular weight is 309 g/mol. The first-order valence-corrected chi connectivity index (χ1v) is 9.30. The van der Waals surface area contributed by atoms with Gasteiger partial charge in [-0.05, 0) is 43.7 Å². The van der Waals surface area contributed by atoms with Crippen molar-refractivity contribution < 1.29 is 13.2 Å². The normalized spacial score (nSPS) is 33.4. The zero-order valence-electron chi connectivity index (χ0n) is 12.4. The molecule has 0 bridgehead atoms. The molecule has 4 nitrogen and oxygen atoms in total. The molecule has 0 radical (unpaired) electrons. The Balaban J connectivity index is 1.95. The van der Waals surface area contributed by atoms with Gasteiger partial charge in [-0.3, -0.25) is 0 Å². The molecule has 3 rings (SSSR count). The van der Waals surface area contributed by atoms with Crippen LogP contribution < -0.4 is 5.73 Å². The molecule has 0 spiro atoms. The lowest BCUT2D eigenvalue weighted by Gasteiger charge is -2.27. The van der Waals surface area contributed by atoms with Gasteiger partial charge < -0.3 is 10.5 Å². The number of hydrogen-bond donors (Lipinski definition) is 1. The molecule has 1 aliphatic heterocycles. The lowest BCUT2D eigenvalue weighted by Crippen LogP contribution is -2.41. The predicted molar refractivity (Wildman–Crippen MR) is 82.8 cm³/mol. The summed E-state index contributed by atoms with van der Waals surface area (Å²) in [5.41, 5.74) is 8.56. The molecule has 1 aliphatic carbocycles. The van der Waals surface area contributed by atoms with Gasteiger partial charge in [0, 0.05) is 12.6 Å². The Morgan fingerprint density at radius 1 is 1.19 bits per heavy atom. The van der Waals surface area contributed by atoms with Crippen LogP contribution in [-0.2, 0) is 21.0 Å². The highest BCUT2D eigenvalue weighted by molar-refractivity contribution is 7.92. The maximum absolute atomic E-state index is 13.0. The minimum absolute atomic E-state index is 0.222. The second-order valence-electron chi connectivity index (χ2n) is 6.15. The summed E-state index contributed by atoms with van der Waals surface area (Å²) in [6, 6.07) is 7.54. The molecular weight excluding hydrogens is 286 g/mol. The van der Waals surface area contributed by atoms with Crippen molar-refractivity contribution >= 4 is 9.84 Å². The van der Waals surface area contributed by atoms with Crippen LogP contribution in [0, 0.1) is 0 Å². The molecule has 1 saturated heterocycles. The number of fused-ring (bicyclic) bond motifs is 1. The van der Waals surface area contributed by atoms with Crippen molar-refractivity contribution in [1.29, 1.82) is 0 Å². The van der Waals surface area contributed by atoms with Crippen LogP contribution in [0.4, 0.5) is 0 Å². The van der Waals surface area contributed by atoms with Crippen molar-refractivity contribution in [3.8, 4) is 0 Å². The summed E-state index contributed by atoms with van der Waals surface area (Å²) in [5, 5.41) is -0.894. The van der Waals surface area contributed by atoms with Crippen molar-refractivity contribution in [3.05, 3.63) is 35.4 Å². The fourth-order valence-electron chi connectivity index (χ4n) is 3.70. The summed E-state index contributed by atoms with van der Waals surface area (Å²) in [5.74, 6) is 0. The highest BCUT2D eigenvalue weighted by Gasteiger charge is 2.44. The molecule has 2 aliphatic rings. The van der Waals surface area contributed by atoms with Crippen LogP contribution in [0.15, 0.2) is 24.3 Å². The zero-order valence-corrected chi connectivity index (χ0v) is 13.2. The van der Waals surface area contributed by atoms with E-state index in [1.54, 1.807) is 0 Å². The third kappa shape index (κ3) is 2.62. The van der Waals surface area contributed by atoms with Gasteiger partial charge in [-0.1, -0.05) is 24.3 Å². The molecule has 116 valence electrons. The third-order valence-corrected chi connectivity index (χ3v) is 7.74. The van der Waals surface area contributed by atoms with Crippen LogP contribution in [0.25, 0.3) is 0 Å². The molecule has 1 aromatic carbocycles. The highest BCUT2D eigenvalue weighted by atomic mass is 32.2. The molecule has 4 atom stereocenters. The molecule has 21 heavy (non-hydrogen) atoms. The number of sulfone groups is 1. The van der Waals surface area contributed by atoms with Crippen molar-refractivity contribution in [3.63, 3.8) is 0 Å². The summed E-state index contributed by atoms with van der Waals surface area (Å²) in [7, 11) is -3.28. The van der Waals surface area contributed by atoms with Crippen molar-refractivity contribution in [1.82, 2.24) is 0 Å². The number of ether oxygens (including phenoxy) is 1. The summed E-state index contributed by atoms with van der Waals surface area (Å²) in [4.78, 5) is 0. The first-order valence-electron chi connectivity index (χ1n) is 7.69. The van der Waals surface area contributed by atoms with E-state index >= 15 is 0 Å². The van der Waals surface area contributed by atoms with Crippen LogP contribution in [-0.4, -0.2) is 31.6 Å². The van der Waals surface area contributed by atoms with E-state index < -0.39 is 26.4 Å². The quantitative estimate of drug-likeness (QED) is 0.848. The fourth-order valence-corrected chi connectivity index (χ4v) is 6.23. The van der Waals surface area contributed by atoms with Gasteiger partial charge in [0.25, 0.3) is 0 Å². The van der Waals surface area contributed by atoms with E-state index in [2.05, 4.69) is 6.07 Å². The fraction of sp³-hybridized carbons (Fsp3) is 0.625. The van der Waals surface area contributed by atoms with E-state index in [4.69, 9.17) is 10.5 Å². The van der Waals surface area contributed by atoms with Crippen LogP contribution in [0.1, 0.15) is 43.4 Å². The minimum Gasteiger partial charge on any atom is -0.377 e. The van der Waals surface area contributed by atoms with Gasteiger partial charge in [0.15, 0.2) is 9.84 Å². The van der Waals surface area contributed by atoms with Gasteiger partial charge in [0.2, 0.25) is 0 Å². The Labute approximate surface area is 126 Å². The lowest BCUT2D eigenvalue weighted by atomic mass is 10.00. The summed E-state index contributed by atoms with van der Waals surface area (Å²) in [6.07, 6.45) is 2.79. The van der Waals surface area contributed by atoms with E-state index in [0.717, 1.165) is 18.4 Å². The summed E-state index contributed by atoms with van der Waals surface area (Å²) < 4.78 is 31.5. The van der Waals surface area contributed by atoms with E-state index in [9.17, 15) is 8.42 Å². The van der Waals surface area contributed by atoms with Crippen molar-refractivity contribution in [2.75, 3.05) is 6.61 Å². The lowest BCUT2D eigenvalue weighted by molar-refractivity contribution is 0.126. The van der Waals surface area contributed by atoms with E-state index in [0.29, 0.717) is 19.4 Å². The number of benzene rings is 1. The Bertz CT molecular complexity index is 614. The first kappa shape index (κ1) is 15.0. The third-order valence-electron chi connectivity index (χ3n) is 4.90. The topological polar surface area (TPSA) is 69.4 Å². The maximum atomic E-state index is 13.0. The average Bonchev–Trinajstić information content (AvgIpc) is 2.82. The molecule has 0 saturated carbocycles. The maximum Gasteiger partial charge on any atom is 0.160 e. The van der Waals surface area contributed by atoms with Gasteiger partial charge in [0.1, 0.15) is 0 Å². The second-order valence-corrected chi connectivity index (χ2v) is 8.54. The smallest absolute Gasteiger partial charge is 0.160 e. The first-order chi connectivity index (χ1) is 10.0. The molecule has 0 amide bonds. The van der Waals surface area contributed by atoms with Crippen LogP contribution in [0.5, 0.6) is 0 Å². The molecule has 0 aromatic heterocycles. The van der Waals surface area contributed by atoms with E-state index in [1.165, 1.54) is 5.56 Å². The number of rotatable bonds is 2. The molecular formula is C16H23NO3S. The highest BCUT2D eigenvalue weighted by Crippen LogP contribution is 2.35. The van der Waals surface area contributed by atoms with Crippen LogP contribution in [0.2, 0.25) is 0 Å². The largest absolute Gasteiger partial charge is 0.377 e. The van der Waals surface area contributed by atoms with Gasteiger partial charge in [-0.15, -0.1) is 0 Å². The number of hydrogen-bond acceptors (Lipinski definition) is 4. The van der Waals surface area contributed by atoms with Crippen LogP contribution in [0.3, 0.4) is 0 Å². The summed E-state index contributed by atoms with van der Waals surface area (Å²) in [6.45, 7) is 2.38. The molecule has 1 aromatic rings. The van der Waals surface area contributed by atoms with E-state index in [-0.39, 0.29) is 6.10 Å². The molecule has 5 heteroatoms. The Hall–Kier alpha value is -0.910. The van der Waals surface area contributed by atoms with Gasteiger partial charge in [-0.2, -0.15) is 0 Å². The Morgan fingerprint density at radius 2 is 1.95 bits per heavy atom. The standard InChI is InChI=1S/C16H23NO3S/c1-11-14(9-10-20-11)21(18,19)15-8-4-6-12-5-2-3-7-13(12)16(15)17/h2-3,5,7,11,14-16H,4,6,8-10,17H2,1H3. The van der Waals surface area contributed by atoms with E-state index in [1.807, 2.05) is 25.1 Å². The minimum atomic E-state index is -3.28. The number of aryl methyl sites for hydroxylation is 1. The Kier molecular flexibility index (Phi) is 4.08. The van der Waals surface area contributed by atoms with Crippen LogP contribution >= 0.6 is 0 Å². The molecule has 2 N–H and O–H groups in total.